The van der Waals surface area contributed by atoms with Crippen molar-refractivity contribution < 1.29 is 29.2 Å². The molecule has 0 bridgehead atoms. The summed E-state index contributed by atoms with van der Waals surface area (Å²) >= 11 is 0. The number of benzene rings is 3. The first kappa shape index (κ1) is 23.3. The highest BCUT2D eigenvalue weighted by molar-refractivity contribution is 6.00. The first-order chi connectivity index (χ1) is 16.9. The number of aliphatic hydroxyl groups excluding tert-OH is 3. The molecule has 1 aliphatic rings. The van der Waals surface area contributed by atoms with Crippen LogP contribution in [-0.2, 0) is 4.74 Å². The van der Waals surface area contributed by atoms with Gasteiger partial charge in [-0.1, -0.05) is 53.7 Å². The van der Waals surface area contributed by atoms with E-state index >= 15 is 0 Å². The molecule has 3 aromatic carbocycles. The Hall–Kier alpha value is -3.50. The van der Waals surface area contributed by atoms with Gasteiger partial charge in [0, 0.05) is 17.5 Å². The molecule has 3 unspecified atom stereocenters. The van der Waals surface area contributed by atoms with Crippen LogP contribution in [0.15, 0.2) is 72.9 Å². The molecule has 1 aliphatic heterocycles. The Morgan fingerprint density at radius 2 is 1.74 bits per heavy atom. The van der Waals surface area contributed by atoms with Crippen molar-refractivity contribution in [2.24, 2.45) is 0 Å². The lowest BCUT2D eigenvalue weighted by molar-refractivity contribution is -0.203. The van der Waals surface area contributed by atoms with Crippen LogP contribution in [0.25, 0.3) is 22.0 Å². The Morgan fingerprint density at radius 1 is 0.971 bits per heavy atom. The molecule has 35 heavy (non-hydrogen) atoms. The third-order valence-corrected chi connectivity index (χ3v) is 6.39. The third kappa shape index (κ3) is 4.59. The number of aromatic nitrogens is 3. The highest BCUT2D eigenvalue weighted by atomic mass is 19.1. The minimum Gasteiger partial charge on any atom is -0.394 e. The smallest absolute Gasteiger partial charge is 0.165 e. The van der Waals surface area contributed by atoms with E-state index < -0.39 is 42.9 Å². The van der Waals surface area contributed by atoms with E-state index in [0.717, 1.165) is 10.8 Å². The molecule has 1 saturated heterocycles. The number of carbonyl (C=O) groups excluding carboxylic acids is 1. The lowest BCUT2D eigenvalue weighted by Gasteiger charge is -2.42. The first-order valence-electron chi connectivity index (χ1n) is 11.3. The van der Waals surface area contributed by atoms with Crippen LogP contribution in [0.5, 0.6) is 0 Å². The Bertz CT molecular complexity index is 1360. The number of aliphatic hydroxyl groups is 3. The van der Waals surface area contributed by atoms with Crippen LogP contribution in [0.4, 0.5) is 4.39 Å². The predicted octanol–water partition coefficient (Wildman–Crippen LogP) is 2.53. The molecule has 3 N–H and O–H groups in total. The molecule has 4 aromatic rings. The van der Waals surface area contributed by atoms with E-state index in [1.807, 2.05) is 30.3 Å². The molecule has 1 fully saturated rings. The van der Waals surface area contributed by atoms with Gasteiger partial charge in [0.2, 0.25) is 0 Å². The zero-order valence-corrected chi connectivity index (χ0v) is 18.6. The summed E-state index contributed by atoms with van der Waals surface area (Å²) in [7, 11) is 0. The molecule has 0 radical (unpaired) electrons. The van der Waals surface area contributed by atoms with Crippen molar-refractivity contribution in [3.63, 3.8) is 0 Å². The molecule has 1 aromatic heterocycles. The number of hydrogen-bond donors (Lipinski definition) is 3. The highest BCUT2D eigenvalue weighted by Crippen LogP contribution is 2.33. The molecule has 0 saturated carbocycles. The summed E-state index contributed by atoms with van der Waals surface area (Å²) in [5.74, 6) is -0.679. The lowest BCUT2D eigenvalue weighted by atomic mass is 9.89. The maximum atomic E-state index is 13.6. The van der Waals surface area contributed by atoms with Crippen molar-refractivity contribution in [1.29, 1.82) is 0 Å². The second-order valence-electron chi connectivity index (χ2n) is 8.65. The average molecular weight is 477 g/mol. The van der Waals surface area contributed by atoms with Crippen molar-refractivity contribution in [1.82, 2.24) is 15.0 Å². The molecule has 0 spiro atoms. The molecule has 180 valence electrons. The zero-order valence-electron chi connectivity index (χ0n) is 18.6. The van der Waals surface area contributed by atoms with Crippen molar-refractivity contribution in [2.45, 2.75) is 36.9 Å². The number of halogens is 1. The quantitative estimate of drug-likeness (QED) is 0.365. The molecular formula is C26H24FN3O5. The maximum Gasteiger partial charge on any atom is 0.165 e. The summed E-state index contributed by atoms with van der Waals surface area (Å²) in [6, 6.07) is 17.8. The summed E-state index contributed by atoms with van der Waals surface area (Å²) in [4.78, 5) is 13.1. The number of hydrogen-bond acceptors (Lipinski definition) is 7. The molecule has 2 heterocycles. The number of ketones is 1. The minimum atomic E-state index is -1.32. The van der Waals surface area contributed by atoms with E-state index in [4.69, 9.17) is 4.74 Å². The summed E-state index contributed by atoms with van der Waals surface area (Å²) in [5.41, 5.74) is 1.30. The molecular weight excluding hydrogens is 453 g/mol. The monoisotopic (exact) mass is 477 g/mol. The third-order valence-electron chi connectivity index (χ3n) is 6.39. The van der Waals surface area contributed by atoms with Crippen LogP contribution in [0.3, 0.4) is 0 Å². The molecule has 0 aliphatic carbocycles. The molecule has 5 atom stereocenters. The van der Waals surface area contributed by atoms with Gasteiger partial charge in [-0.3, -0.25) is 4.79 Å². The normalized spacial score (nSPS) is 24.5. The van der Waals surface area contributed by atoms with Gasteiger partial charge in [-0.15, -0.1) is 5.10 Å². The van der Waals surface area contributed by atoms with Crippen molar-refractivity contribution in [2.75, 3.05) is 6.61 Å². The zero-order chi connectivity index (χ0) is 24.5. The number of nitrogens with zero attached hydrogens (tertiary/aromatic N) is 3. The van der Waals surface area contributed by atoms with Gasteiger partial charge >= 0.3 is 0 Å². The summed E-state index contributed by atoms with van der Waals surface area (Å²) in [5, 5.41) is 41.6. The van der Waals surface area contributed by atoms with Crippen LogP contribution < -0.4 is 0 Å². The summed E-state index contributed by atoms with van der Waals surface area (Å²) in [6.07, 6.45) is -3.36. The Kier molecular flexibility index (Phi) is 6.40. The van der Waals surface area contributed by atoms with Crippen LogP contribution >= 0.6 is 0 Å². The van der Waals surface area contributed by atoms with E-state index in [-0.39, 0.29) is 12.2 Å². The number of ether oxygens (including phenoxy) is 1. The van der Waals surface area contributed by atoms with Crippen LogP contribution in [0, 0.1) is 5.82 Å². The average Bonchev–Trinajstić information content (AvgIpc) is 3.35. The molecule has 0 amide bonds. The first-order valence-corrected chi connectivity index (χ1v) is 11.3. The van der Waals surface area contributed by atoms with Crippen molar-refractivity contribution in [3.05, 3.63) is 84.3 Å². The fourth-order valence-electron chi connectivity index (χ4n) is 4.53. The Balaban J connectivity index is 1.40. The van der Waals surface area contributed by atoms with E-state index in [2.05, 4.69) is 10.3 Å². The number of Topliss-reactive ketones (excluding diaryl/α,β-unsaturated/α-hetero) is 1. The van der Waals surface area contributed by atoms with Crippen molar-refractivity contribution in [3.8, 4) is 11.3 Å². The largest absolute Gasteiger partial charge is 0.394 e. The Labute approximate surface area is 200 Å². The SMILES string of the molecule is O=C(CC1OC(CO)[C@H](O)[C@H](n2cc(-c3cccc(F)c3)nn2)C1O)c1ccc2ccccc2c1. The second-order valence-corrected chi connectivity index (χ2v) is 8.65. The van der Waals surface area contributed by atoms with Gasteiger partial charge in [0.25, 0.3) is 0 Å². The van der Waals surface area contributed by atoms with E-state index in [1.165, 1.54) is 29.1 Å². The standard InChI is InChI=1S/C26H24FN3O5/c27-19-7-3-6-17(11-19)20-13-30(29-28-20)24-25(33)22(35-23(14-31)26(24)34)12-21(32)18-9-8-15-4-1-2-5-16(15)10-18/h1-11,13,22-26,31,33-34H,12,14H2/t22?,23?,24-,25?,26+/m1/s1. The fourth-order valence-corrected chi connectivity index (χ4v) is 4.53. The van der Waals surface area contributed by atoms with Crippen LogP contribution in [-0.4, -0.2) is 67.1 Å². The number of rotatable bonds is 6. The second kappa shape index (κ2) is 9.63. The fraction of sp³-hybridized carbons (Fsp3) is 0.269. The van der Waals surface area contributed by atoms with E-state index in [1.54, 1.807) is 18.2 Å². The van der Waals surface area contributed by atoms with Gasteiger partial charge in [-0.25, -0.2) is 9.07 Å². The van der Waals surface area contributed by atoms with Crippen LogP contribution in [0.1, 0.15) is 22.8 Å². The van der Waals surface area contributed by atoms with Gasteiger partial charge < -0.3 is 20.1 Å². The van der Waals surface area contributed by atoms with Crippen molar-refractivity contribution >= 4 is 16.6 Å². The van der Waals surface area contributed by atoms with E-state index in [0.29, 0.717) is 16.8 Å². The van der Waals surface area contributed by atoms with Gasteiger partial charge in [0.1, 0.15) is 35.9 Å². The van der Waals surface area contributed by atoms with E-state index in [9.17, 15) is 24.5 Å². The summed E-state index contributed by atoms with van der Waals surface area (Å²) < 4.78 is 20.6. The topological polar surface area (TPSA) is 118 Å². The van der Waals surface area contributed by atoms with Gasteiger partial charge in [-0.05, 0) is 29.0 Å². The number of fused-ring (bicyclic) bond motifs is 1. The summed E-state index contributed by atoms with van der Waals surface area (Å²) in [6.45, 7) is -0.517. The maximum absolute atomic E-state index is 13.6. The molecule has 8 nitrogen and oxygen atoms in total. The molecule has 9 heteroatoms. The van der Waals surface area contributed by atoms with Gasteiger partial charge in [0.15, 0.2) is 5.78 Å². The lowest BCUT2D eigenvalue weighted by Crippen LogP contribution is -2.56. The van der Waals surface area contributed by atoms with Gasteiger partial charge in [-0.2, -0.15) is 0 Å². The predicted molar refractivity (Wildman–Crippen MR) is 125 cm³/mol. The van der Waals surface area contributed by atoms with Crippen LogP contribution in [0.2, 0.25) is 0 Å². The van der Waals surface area contributed by atoms with Gasteiger partial charge in [0.05, 0.1) is 18.9 Å². The highest BCUT2D eigenvalue weighted by Gasteiger charge is 2.46. The number of carbonyl (C=O) groups is 1. The minimum absolute atomic E-state index is 0.162. The molecule has 5 rings (SSSR count). The Morgan fingerprint density at radius 3 is 2.51 bits per heavy atom.